The van der Waals surface area contributed by atoms with E-state index in [1.807, 2.05) is 0 Å². The van der Waals surface area contributed by atoms with E-state index in [2.05, 4.69) is 5.32 Å². The van der Waals surface area contributed by atoms with Crippen LogP contribution in [0.25, 0.3) is 0 Å². The maximum atomic E-state index is 10.6. The molecule has 0 radical (unpaired) electrons. The first-order chi connectivity index (χ1) is 3.80. The van der Waals surface area contributed by atoms with Crippen LogP contribution in [-0.2, 0) is 4.79 Å². The SMILES string of the molecule is CC(=O)C1CCC[NH2+]1. The van der Waals surface area contributed by atoms with Crippen molar-refractivity contribution in [1.82, 2.24) is 0 Å². The highest BCUT2D eigenvalue weighted by Gasteiger charge is 2.21. The Kier molecular flexibility index (Phi) is 1.63. The number of carbonyl (C=O) groups excluding carboxylic acids is 1. The summed E-state index contributed by atoms with van der Waals surface area (Å²) in [5.41, 5.74) is 0. The molecule has 1 rings (SSSR count). The quantitative estimate of drug-likeness (QED) is 0.480. The van der Waals surface area contributed by atoms with Crippen LogP contribution < -0.4 is 5.32 Å². The van der Waals surface area contributed by atoms with Crippen LogP contribution in [0.5, 0.6) is 0 Å². The predicted molar refractivity (Wildman–Crippen MR) is 30.5 cm³/mol. The lowest BCUT2D eigenvalue weighted by molar-refractivity contribution is -0.657. The van der Waals surface area contributed by atoms with Crippen LogP contribution in [0.2, 0.25) is 0 Å². The predicted octanol–water partition coefficient (Wildman–Crippen LogP) is -0.699. The number of ketones is 1. The van der Waals surface area contributed by atoms with Gasteiger partial charge in [0.05, 0.1) is 6.54 Å². The number of hydrogen-bond donors (Lipinski definition) is 1. The minimum Gasteiger partial charge on any atom is -0.338 e. The van der Waals surface area contributed by atoms with E-state index >= 15 is 0 Å². The maximum absolute atomic E-state index is 10.6. The molecule has 46 valence electrons. The molecule has 2 nitrogen and oxygen atoms in total. The van der Waals surface area contributed by atoms with Gasteiger partial charge in [0, 0.05) is 19.8 Å². The van der Waals surface area contributed by atoms with E-state index in [4.69, 9.17) is 0 Å². The zero-order valence-electron chi connectivity index (χ0n) is 5.18. The summed E-state index contributed by atoms with van der Waals surface area (Å²) in [4.78, 5) is 10.6. The van der Waals surface area contributed by atoms with Gasteiger partial charge in [0.2, 0.25) is 0 Å². The molecule has 1 saturated heterocycles. The molecule has 1 atom stereocenters. The summed E-state index contributed by atoms with van der Waals surface area (Å²) >= 11 is 0. The van der Waals surface area contributed by atoms with Gasteiger partial charge in [0.15, 0.2) is 5.78 Å². The van der Waals surface area contributed by atoms with Crippen molar-refractivity contribution in [3.63, 3.8) is 0 Å². The van der Waals surface area contributed by atoms with Crippen molar-refractivity contribution in [2.24, 2.45) is 0 Å². The van der Waals surface area contributed by atoms with E-state index < -0.39 is 0 Å². The van der Waals surface area contributed by atoms with Gasteiger partial charge in [0.25, 0.3) is 0 Å². The fraction of sp³-hybridized carbons (Fsp3) is 0.833. The van der Waals surface area contributed by atoms with Crippen molar-refractivity contribution in [3.8, 4) is 0 Å². The lowest BCUT2D eigenvalue weighted by atomic mass is 10.2. The molecule has 2 heteroatoms. The molecule has 0 spiro atoms. The largest absolute Gasteiger partial charge is 0.338 e. The summed E-state index contributed by atoms with van der Waals surface area (Å²) in [6, 6.07) is 0.301. The summed E-state index contributed by atoms with van der Waals surface area (Å²) in [6.07, 6.45) is 2.31. The van der Waals surface area contributed by atoms with Gasteiger partial charge < -0.3 is 5.32 Å². The second-order valence-corrected chi connectivity index (χ2v) is 2.38. The number of Topliss-reactive ketones (excluding diaryl/α,β-unsaturated/α-hetero) is 1. The minimum atomic E-state index is 0.301. The molecule has 2 N–H and O–H groups in total. The normalized spacial score (nSPS) is 28.4. The van der Waals surface area contributed by atoms with Crippen LogP contribution >= 0.6 is 0 Å². The smallest absolute Gasteiger partial charge is 0.186 e. The number of carbonyl (C=O) groups is 1. The van der Waals surface area contributed by atoms with Gasteiger partial charge in [-0.1, -0.05) is 0 Å². The molecular formula is C6H12NO+. The van der Waals surface area contributed by atoms with Crippen molar-refractivity contribution in [1.29, 1.82) is 0 Å². The second kappa shape index (κ2) is 2.27. The Labute approximate surface area is 49.3 Å². The minimum absolute atomic E-state index is 0.301. The average molecular weight is 114 g/mol. The van der Waals surface area contributed by atoms with Gasteiger partial charge in [-0.3, -0.25) is 4.79 Å². The third kappa shape index (κ3) is 1.07. The lowest BCUT2D eigenvalue weighted by Crippen LogP contribution is -2.88. The van der Waals surface area contributed by atoms with E-state index in [1.54, 1.807) is 6.92 Å². The van der Waals surface area contributed by atoms with Gasteiger partial charge in [-0.05, 0) is 0 Å². The zero-order chi connectivity index (χ0) is 5.98. The van der Waals surface area contributed by atoms with E-state index in [1.165, 1.54) is 6.42 Å². The molecule has 1 aliphatic heterocycles. The van der Waals surface area contributed by atoms with Crippen LogP contribution in [0.4, 0.5) is 0 Å². The fourth-order valence-electron chi connectivity index (χ4n) is 1.14. The van der Waals surface area contributed by atoms with Crippen LogP contribution in [0.15, 0.2) is 0 Å². The Balaban J connectivity index is 2.35. The Morgan fingerprint density at radius 2 is 2.50 bits per heavy atom. The Hall–Kier alpha value is -0.370. The fourth-order valence-corrected chi connectivity index (χ4v) is 1.14. The maximum Gasteiger partial charge on any atom is 0.186 e. The molecule has 8 heavy (non-hydrogen) atoms. The molecule has 0 aromatic rings. The van der Waals surface area contributed by atoms with Crippen molar-refractivity contribution >= 4 is 5.78 Å². The molecule has 0 aliphatic carbocycles. The van der Waals surface area contributed by atoms with E-state index in [-0.39, 0.29) is 0 Å². The van der Waals surface area contributed by atoms with E-state index in [0.717, 1.165) is 13.0 Å². The van der Waals surface area contributed by atoms with Crippen LogP contribution in [-0.4, -0.2) is 18.4 Å². The molecule has 1 fully saturated rings. The first-order valence-electron chi connectivity index (χ1n) is 3.14. The molecule has 0 aromatic carbocycles. The van der Waals surface area contributed by atoms with Gasteiger partial charge in [-0.15, -0.1) is 0 Å². The Bertz CT molecular complexity index is 94.7. The average Bonchev–Trinajstić information content (AvgIpc) is 2.12. The topological polar surface area (TPSA) is 33.7 Å². The van der Waals surface area contributed by atoms with Gasteiger partial charge in [-0.25, -0.2) is 0 Å². The summed E-state index contributed by atoms with van der Waals surface area (Å²) in [5.74, 6) is 0.336. The van der Waals surface area contributed by atoms with Crippen LogP contribution in [0.1, 0.15) is 19.8 Å². The van der Waals surface area contributed by atoms with Gasteiger partial charge in [-0.2, -0.15) is 0 Å². The number of nitrogens with two attached hydrogens (primary N) is 1. The molecule has 0 aromatic heterocycles. The molecule has 1 heterocycles. The Morgan fingerprint density at radius 1 is 1.75 bits per heavy atom. The van der Waals surface area contributed by atoms with Gasteiger partial charge in [0.1, 0.15) is 6.04 Å². The van der Waals surface area contributed by atoms with Gasteiger partial charge >= 0.3 is 0 Å². The molecular weight excluding hydrogens is 102 g/mol. The first kappa shape index (κ1) is 5.76. The highest BCUT2D eigenvalue weighted by atomic mass is 16.1. The summed E-state index contributed by atoms with van der Waals surface area (Å²) < 4.78 is 0. The molecule has 1 aliphatic rings. The molecule has 1 unspecified atom stereocenters. The van der Waals surface area contributed by atoms with E-state index in [9.17, 15) is 4.79 Å². The zero-order valence-corrected chi connectivity index (χ0v) is 5.18. The highest BCUT2D eigenvalue weighted by Crippen LogP contribution is 1.96. The van der Waals surface area contributed by atoms with Crippen molar-refractivity contribution < 1.29 is 10.1 Å². The summed E-state index contributed by atoms with van der Waals surface area (Å²) in [5, 5.41) is 2.13. The highest BCUT2D eigenvalue weighted by molar-refractivity contribution is 5.79. The van der Waals surface area contributed by atoms with Crippen LogP contribution in [0.3, 0.4) is 0 Å². The standard InChI is InChI=1S/C6H11NO/c1-5(8)6-3-2-4-7-6/h6-7H,2-4H2,1H3/p+1. The lowest BCUT2D eigenvalue weighted by Gasteiger charge is -1.97. The summed E-state index contributed by atoms with van der Waals surface area (Å²) in [7, 11) is 0. The third-order valence-corrected chi connectivity index (χ3v) is 1.69. The second-order valence-electron chi connectivity index (χ2n) is 2.38. The number of rotatable bonds is 1. The number of quaternary nitrogens is 1. The Morgan fingerprint density at radius 3 is 2.75 bits per heavy atom. The van der Waals surface area contributed by atoms with Crippen molar-refractivity contribution in [3.05, 3.63) is 0 Å². The van der Waals surface area contributed by atoms with Crippen molar-refractivity contribution in [2.45, 2.75) is 25.8 Å². The molecule has 0 saturated carbocycles. The first-order valence-corrected chi connectivity index (χ1v) is 3.14. The molecule has 0 bridgehead atoms. The number of hydrogen-bond acceptors (Lipinski definition) is 1. The van der Waals surface area contributed by atoms with Crippen LogP contribution in [0, 0.1) is 0 Å². The summed E-state index contributed by atoms with van der Waals surface area (Å²) in [6.45, 7) is 2.82. The third-order valence-electron chi connectivity index (χ3n) is 1.69. The van der Waals surface area contributed by atoms with Crippen molar-refractivity contribution in [2.75, 3.05) is 6.54 Å². The monoisotopic (exact) mass is 114 g/mol. The van der Waals surface area contributed by atoms with E-state index in [0.29, 0.717) is 11.8 Å². The molecule has 0 amide bonds.